The van der Waals surface area contributed by atoms with Crippen LogP contribution in [0, 0.1) is 17.5 Å². The SMILES string of the molecule is O=C(CN1C(=O)SC(=Cc2cn(Cc3c(Cl)cccc3Cl)c3ccccc23)C1=O)Nc1ccc(F)c(F)c1F. The van der Waals surface area contributed by atoms with E-state index in [-0.39, 0.29) is 4.91 Å². The van der Waals surface area contributed by atoms with E-state index in [1.807, 2.05) is 28.8 Å². The topological polar surface area (TPSA) is 71.4 Å². The van der Waals surface area contributed by atoms with Gasteiger partial charge in [0.1, 0.15) is 6.54 Å². The lowest BCUT2D eigenvalue weighted by molar-refractivity contribution is -0.127. The highest BCUT2D eigenvalue weighted by molar-refractivity contribution is 8.18. The van der Waals surface area contributed by atoms with E-state index in [1.54, 1.807) is 30.5 Å². The van der Waals surface area contributed by atoms with Gasteiger partial charge in [0.2, 0.25) is 5.91 Å². The molecule has 0 bridgehead atoms. The Morgan fingerprint density at radius 1 is 0.949 bits per heavy atom. The summed E-state index contributed by atoms with van der Waals surface area (Å²) in [5.41, 5.74) is 1.59. The van der Waals surface area contributed by atoms with Gasteiger partial charge in [-0.2, -0.15) is 0 Å². The minimum Gasteiger partial charge on any atom is -0.342 e. The van der Waals surface area contributed by atoms with Crippen LogP contribution in [0.5, 0.6) is 0 Å². The zero-order valence-corrected chi connectivity index (χ0v) is 22.0. The van der Waals surface area contributed by atoms with Crippen molar-refractivity contribution in [1.29, 1.82) is 0 Å². The number of imide groups is 1. The molecule has 1 saturated heterocycles. The molecule has 1 aliphatic heterocycles. The van der Waals surface area contributed by atoms with Gasteiger partial charge in [-0.05, 0) is 48.2 Å². The standard InChI is InChI=1S/C27H16Cl2F3N3O3S/c28-17-5-3-6-18(29)16(17)12-34-11-14(15-4-1-2-7-21(15)34)10-22-26(37)35(27(38)39-22)13-23(36)33-20-9-8-19(30)24(31)25(20)32/h1-11H,12-13H2,(H,33,36). The van der Waals surface area contributed by atoms with E-state index < -0.39 is 46.7 Å². The zero-order valence-electron chi connectivity index (χ0n) is 19.7. The molecule has 1 N–H and O–H groups in total. The average molecular weight is 590 g/mol. The molecule has 4 aromatic rings. The van der Waals surface area contributed by atoms with Crippen LogP contribution in [0.1, 0.15) is 11.1 Å². The number of anilines is 1. The van der Waals surface area contributed by atoms with Crippen molar-refractivity contribution in [2.45, 2.75) is 6.54 Å². The summed E-state index contributed by atoms with van der Waals surface area (Å²) < 4.78 is 42.4. The Kier molecular flexibility index (Phi) is 7.44. The van der Waals surface area contributed by atoms with E-state index in [0.29, 0.717) is 44.9 Å². The van der Waals surface area contributed by atoms with Gasteiger partial charge in [0.15, 0.2) is 17.5 Å². The van der Waals surface area contributed by atoms with E-state index in [2.05, 4.69) is 5.32 Å². The van der Waals surface area contributed by atoms with Gasteiger partial charge in [0, 0.05) is 38.3 Å². The van der Waals surface area contributed by atoms with E-state index in [1.165, 1.54) is 0 Å². The van der Waals surface area contributed by atoms with Crippen molar-refractivity contribution in [2.75, 3.05) is 11.9 Å². The number of hydrogen-bond donors (Lipinski definition) is 1. The van der Waals surface area contributed by atoms with E-state index in [9.17, 15) is 27.6 Å². The molecular weight excluding hydrogens is 574 g/mol. The average Bonchev–Trinajstić information content (AvgIpc) is 3.38. The number of nitrogens with zero attached hydrogens (tertiary/aromatic N) is 2. The minimum atomic E-state index is -1.75. The van der Waals surface area contributed by atoms with E-state index in [4.69, 9.17) is 23.2 Å². The Hall–Kier alpha value is -3.73. The molecule has 3 amide bonds. The molecule has 1 fully saturated rings. The molecule has 2 heterocycles. The third kappa shape index (κ3) is 5.27. The first kappa shape index (κ1) is 26.9. The number of carbonyl (C=O) groups is 3. The number of benzene rings is 3. The Bertz CT molecular complexity index is 1690. The molecule has 6 nitrogen and oxygen atoms in total. The molecule has 39 heavy (non-hydrogen) atoms. The lowest BCUT2D eigenvalue weighted by Gasteiger charge is -2.13. The van der Waals surface area contributed by atoms with Gasteiger partial charge in [0.25, 0.3) is 11.1 Å². The molecule has 0 aliphatic carbocycles. The number of rotatable bonds is 6. The van der Waals surface area contributed by atoms with Crippen LogP contribution in [0.3, 0.4) is 0 Å². The first-order valence-electron chi connectivity index (χ1n) is 11.3. The van der Waals surface area contributed by atoms with Crippen molar-refractivity contribution < 1.29 is 27.6 Å². The summed E-state index contributed by atoms with van der Waals surface area (Å²) in [6.07, 6.45) is 3.35. The summed E-state index contributed by atoms with van der Waals surface area (Å²) in [6.45, 7) is -0.387. The van der Waals surface area contributed by atoms with Crippen LogP contribution in [0.2, 0.25) is 10.0 Å². The van der Waals surface area contributed by atoms with Gasteiger partial charge < -0.3 is 9.88 Å². The maximum atomic E-state index is 13.9. The molecule has 12 heteroatoms. The Morgan fingerprint density at radius 3 is 2.41 bits per heavy atom. The number of amides is 3. The predicted molar refractivity (Wildman–Crippen MR) is 145 cm³/mol. The molecule has 3 aromatic carbocycles. The summed E-state index contributed by atoms with van der Waals surface area (Å²) in [5, 5.41) is 3.15. The van der Waals surface area contributed by atoms with Crippen molar-refractivity contribution in [2.24, 2.45) is 0 Å². The number of nitrogens with one attached hydrogen (secondary N) is 1. The molecule has 0 atom stereocenters. The smallest absolute Gasteiger partial charge is 0.294 e. The van der Waals surface area contributed by atoms with Gasteiger partial charge in [-0.25, -0.2) is 13.2 Å². The Balaban J connectivity index is 1.39. The summed E-state index contributed by atoms with van der Waals surface area (Å²) >= 11 is 13.3. The van der Waals surface area contributed by atoms with Crippen LogP contribution in [0.25, 0.3) is 17.0 Å². The maximum absolute atomic E-state index is 13.9. The number of carbonyl (C=O) groups excluding carboxylic acids is 3. The van der Waals surface area contributed by atoms with Crippen molar-refractivity contribution >= 4 is 74.7 Å². The predicted octanol–water partition coefficient (Wildman–Crippen LogP) is 7.09. The highest BCUT2D eigenvalue weighted by Crippen LogP contribution is 2.35. The lowest BCUT2D eigenvalue weighted by atomic mass is 10.1. The van der Waals surface area contributed by atoms with Crippen LogP contribution in [-0.2, 0) is 16.1 Å². The van der Waals surface area contributed by atoms with Gasteiger partial charge in [-0.1, -0.05) is 47.5 Å². The van der Waals surface area contributed by atoms with Crippen LogP contribution < -0.4 is 5.32 Å². The number of fused-ring (bicyclic) bond motifs is 1. The monoisotopic (exact) mass is 589 g/mol. The molecule has 1 aliphatic rings. The van der Waals surface area contributed by atoms with Crippen LogP contribution in [-0.4, -0.2) is 33.1 Å². The fraction of sp³-hybridized carbons (Fsp3) is 0.0741. The number of hydrogen-bond acceptors (Lipinski definition) is 4. The van der Waals surface area contributed by atoms with Crippen LogP contribution in [0.15, 0.2) is 65.7 Å². The molecule has 1 aromatic heterocycles. The molecule has 0 unspecified atom stereocenters. The van der Waals surface area contributed by atoms with Crippen molar-refractivity contribution in [1.82, 2.24) is 9.47 Å². The maximum Gasteiger partial charge on any atom is 0.294 e. The largest absolute Gasteiger partial charge is 0.342 e. The van der Waals surface area contributed by atoms with Crippen molar-refractivity contribution in [3.8, 4) is 0 Å². The van der Waals surface area contributed by atoms with E-state index in [0.717, 1.165) is 22.5 Å². The highest BCUT2D eigenvalue weighted by atomic mass is 35.5. The second-order valence-corrected chi connectivity index (χ2v) is 10.3. The third-order valence-corrected chi connectivity index (χ3v) is 7.60. The third-order valence-electron chi connectivity index (χ3n) is 5.98. The van der Waals surface area contributed by atoms with Gasteiger partial charge in [-0.15, -0.1) is 0 Å². The second kappa shape index (κ2) is 10.8. The zero-order chi connectivity index (χ0) is 27.8. The molecule has 0 radical (unpaired) electrons. The fourth-order valence-corrected chi connectivity index (χ4v) is 5.45. The van der Waals surface area contributed by atoms with Crippen LogP contribution >= 0.6 is 35.0 Å². The number of aromatic nitrogens is 1. The number of halogens is 5. The van der Waals surface area contributed by atoms with Crippen molar-refractivity contribution in [3.05, 3.63) is 104 Å². The number of thioether (sulfide) groups is 1. The highest BCUT2D eigenvalue weighted by Gasteiger charge is 2.36. The fourth-order valence-electron chi connectivity index (χ4n) is 4.11. The molecule has 5 rings (SSSR count). The summed E-state index contributed by atoms with van der Waals surface area (Å²) in [7, 11) is 0. The molecule has 0 saturated carbocycles. The van der Waals surface area contributed by atoms with Gasteiger partial charge >= 0.3 is 0 Å². The van der Waals surface area contributed by atoms with Crippen LogP contribution in [0.4, 0.5) is 23.7 Å². The minimum absolute atomic E-state index is 0.0745. The molecular formula is C27H16Cl2F3N3O3S. The quantitative estimate of drug-likeness (QED) is 0.192. The summed E-state index contributed by atoms with van der Waals surface area (Å²) in [4.78, 5) is 38.7. The summed E-state index contributed by atoms with van der Waals surface area (Å²) in [5.74, 6) is -6.45. The van der Waals surface area contributed by atoms with Gasteiger partial charge in [0.05, 0.1) is 17.1 Å². The number of para-hydroxylation sites is 1. The first-order chi connectivity index (χ1) is 18.6. The normalized spacial score (nSPS) is 14.6. The van der Waals surface area contributed by atoms with E-state index >= 15 is 0 Å². The molecule has 0 spiro atoms. The Labute approximate surface area is 234 Å². The summed E-state index contributed by atoms with van der Waals surface area (Å²) in [6, 6.07) is 14.2. The Morgan fingerprint density at radius 2 is 1.67 bits per heavy atom. The molecule has 198 valence electrons. The lowest BCUT2D eigenvalue weighted by Crippen LogP contribution is -2.36. The second-order valence-electron chi connectivity index (χ2n) is 8.47. The first-order valence-corrected chi connectivity index (χ1v) is 12.9. The van der Waals surface area contributed by atoms with Crippen molar-refractivity contribution in [3.63, 3.8) is 0 Å². The van der Waals surface area contributed by atoms with Gasteiger partial charge in [-0.3, -0.25) is 19.3 Å².